The summed E-state index contributed by atoms with van der Waals surface area (Å²) in [4.78, 5) is 11.5. The summed E-state index contributed by atoms with van der Waals surface area (Å²) in [7, 11) is 0. The lowest BCUT2D eigenvalue weighted by Crippen LogP contribution is -2.39. The van der Waals surface area contributed by atoms with Crippen molar-refractivity contribution in [3.8, 4) is 0 Å². The molecule has 0 bridgehead atoms. The summed E-state index contributed by atoms with van der Waals surface area (Å²) in [6, 6.07) is 3.22. The van der Waals surface area contributed by atoms with Crippen molar-refractivity contribution >= 4 is 5.69 Å². The van der Waals surface area contributed by atoms with Gasteiger partial charge in [0.05, 0.1) is 17.8 Å². The highest BCUT2D eigenvalue weighted by Gasteiger charge is 2.30. The molecule has 0 aliphatic heterocycles. The van der Waals surface area contributed by atoms with Gasteiger partial charge in [0, 0.05) is 6.20 Å². The molecule has 1 heterocycles. The van der Waals surface area contributed by atoms with Crippen molar-refractivity contribution in [3.63, 3.8) is 0 Å². The van der Waals surface area contributed by atoms with Crippen LogP contribution in [-0.2, 0) is 0 Å². The Hall–Kier alpha value is -1.29. The molecule has 0 aromatic carbocycles. The zero-order valence-electron chi connectivity index (χ0n) is 7.18. The Balaban J connectivity index is 2.40. The first-order valence-electron chi connectivity index (χ1n) is 4.35. The molecule has 1 saturated carbocycles. The summed E-state index contributed by atoms with van der Waals surface area (Å²) in [5, 5.41) is 9.38. The maximum atomic E-state index is 11.5. The first kappa shape index (κ1) is 8.31. The Kier molecular flexibility index (Phi) is 1.84. The van der Waals surface area contributed by atoms with Crippen LogP contribution in [0.15, 0.2) is 23.1 Å². The fraction of sp³-hybridized carbons (Fsp3) is 0.444. The van der Waals surface area contributed by atoms with E-state index >= 15 is 0 Å². The Morgan fingerprint density at radius 1 is 1.54 bits per heavy atom. The van der Waals surface area contributed by atoms with E-state index < -0.39 is 0 Å². The SMILES string of the molecule is Nc1cccn([C@@H]2CC[C@@H]2O)c1=O. The lowest BCUT2D eigenvalue weighted by Gasteiger charge is -2.33. The van der Waals surface area contributed by atoms with Gasteiger partial charge in [-0.05, 0) is 25.0 Å². The van der Waals surface area contributed by atoms with E-state index in [0.717, 1.165) is 12.8 Å². The molecule has 2 rings (SSSR count). The molecule has 0 unspecified atom stereocenters. The third kappa shape index (κ3) is 1.23. The van der Waals surface area contributed by atoms with Crippen LogP contribution in [0.5, 0.6) is 0 Å². The van der Waals surface area contributed by atoms with Gasteiger partial charge in [0.25, 0.3) is 5.56 Å². The highest BCUT2D eigenvalue weighted by molar-refractivity contribution is 5.33. The third-order valence-electron chi connectivity index (χ3n) is 2.56. The second-order valence-corrected chi connectivity index (χ2v) is 3.39. The van der Waals surface area contributed by atoms with Crippen molar-refractivity contribution in [1.29, 1.82) is 0 Å². The van der Waals surface area contributed by atoms with Gasteiger partial charge in [-0.25, -0.2) is 0 Å². The molecule has 0 radical (unpaired) electrons. The summed E-state index contributed by atoms with van der Waals surface area (Å²) in [5.41, 5.74) is 5.50. The molecular formula is C9H12N2O2. The summed E-state index contributed by atoms with van der Waals surface area (Å²) in [5.74, 6) is 0. The smallest absolute Gasteiger partial charge is 0.274 e. The fourth-order valence-corrected chi connectivity index (χ4v) is 1.58. The van der Waals surface area contributed by atoms with Crippen LogP contribution in [0.4, 0.5) is 5.69 Å². The lowest BCUT2D eigenvalue weighted by molar-refractivity contribution is 0.0300. The highest BCUT2D eigenvalue weighted by Crippen LogP contribution is 2.30. The van der Waals surface area contributed by atoms with Crippen molar-refractivity contribution < 1.29 is 5.11 Å². The van der Waals surface area contributed by atoms with Gasteiger partial charge in [-0.2, -0.15) is 0 Å². The first-order valence-corrected chi connectivity index (χ1v) is 4.35. The Bertz CT molecular complexity index is 372. The van der Waals surface area contributed by atoms with Gasteiger partial charge in [0.15, 0.2) is 0 Å². The number of hydrogen-bond acceptors (Lipinski definition) is 3. The van der Waals surface area contributed by atoms with Gasteiger partial charge < -0.3 is 15.4 Å². The lowest BCUT2D eigenvalue weighted by atomic mass is 9.89. The summed E-state index contributed by atoms with van der Waals surface area (Å²) < 4.78 is 1.52. The summed E-state index contributed by atoms with van der Waals surface area (Å²) in [6.07, 6.45) is 2.90. The minimum Gasteiger partial charge on any atom is -0.394 e. The van der Waals surface area contributed by atoms with E-state index in [1.165, 1.54) is 4.57 Å². The highest BCUT2D eigenvalue weighted by atomic mass is 16.3. The van der Waals surface area contributed by atoms with Gasteiger partial charge in [-0.15, -0.1) is 0 Å². The van der Waals surface area contributed by atoms with Crippen LogP contribution < -0.4 is 11.3 Å². The molecule has 1 aliphatic carbocycles. The molecule has 70 valence electrons. The van der Waals surface area contributed by atoms with Crippen molar-refractivity contribution in [2.75, 3.05) is 5.73 Å². The molecular weight excluding hydrogens is 168 g/mol. The van der Waals surface area contributed by atoms with Gasteiger partial charge in [-0.1, -0.05) is 0 Å². The number of aliphatic hydroxyl groups is 1. The van der Waals surface area contributed by atoms with E-state index in [2.05, 4.69) is 0 Å². The molecule has 1 aliphatic rings. The van der Waals surface area contributed by atoms with E-state index in [1.807, 2.05) is 0 Å². The Labute approximate surface area is 75.6 Å². The standard InChI is InChI=1S/C9H12N2O2/c10-6-2-1-5-11(9(6)13)7-3-4-8(7)12/h1-2,5,7-8,12H,3-4,10H2/t7-,8+/m1/s1. The van der Waals surface area contributed by atoms with Gasteiger partial charge in [0.2, 0.25) is 0 Å². The zero-order valence-corrected chi connectivity index (χ0v) is 7.18. The number of pyridine rings is 1. The largest absolute Gasteiger partial charge is 0.394 e. The van der Waals surface area contributed by atoms with Crippen molar-refractivity contribution in [1.82, 2.24) is 4.57 Å². The van der Waals surface area contributed by atoms with Gasteiger partial charge in [0.1, 0.15) is 0 Å². The van der Waals surface area contributed by atoms with Crippen LogP contribution in [-0.4, -0.2) is 15.8 Å². The molecule has 0 amide bonds. The monoisotopic (exact) mass is 180 g/mol. The zero-order chi connectivity index (χ0) is 9.42. The quantitative estimate of drug-likeness (QED) is 0.645. The summed E-state index contributed by atoms with van der Waals surface area (Å²) in [6.45, 7) is 0. The van der Waals surface area contributed by atoms with E-state index in [9.17, 15) is 9.90 Å². The maximum absolute atomic E-state index is 11.5. The van der Waals surface area contributed by atoms with E-state index in [-0.39, 0.29) is 23.4 Å². The molecule has 0 spiro atoms. The van der Waals surface area contributed by atoms with Crippen LogP contribution in [0.1, 0.15) is 18.9 Å². The minimum atomic E-state index is -0.389. The van der Waals surface area contributed by atoms with E-state index in [4.69, 9.17) is 5.73 Å². The van der Waals surface area contributed by atoms with Crippen molar-refractivity contribution in [2.45, 2.75) is 25.0 Å². The summed E-state index contributed by atoms with van der Waals surface area (Å²) >= 11 is 0. The maximum Gasteiger partial charge on any atom is 0.274 e. The number of nitrogens with zero attached hydrogens (tertiary/aromatic N) is 1. The average molecular weight is 180 g/mol. The van der Waals surface area contributed by atoms with Gasteiger partial charge >= 0.3 is 0 Å². The van der Waals surface area contributed by atoms with Crippen LogP contribution in [0.2, 0.25) is 0 Å². The third-order valence-corrected chi connectivity index (χ3v) is 2.56. The number of rotatable bonds is 1. The van der Waals surface area contributed by atoms with Gasteiger partial charge in [-0.3, -0.25) is 4.79 Å². The topological polar surface area (TPSA) is 68.2 Å². The van der Waals surface area contributed by atoms with Crippen molar-refractivity contribution in [3.05, 3.63) is 28.7 Å². The minimum absolute atomic E-state index is 0.0731. The number of aromatic nitrogens is 1. The molecule has 3 N–H and O–H groups in total. The Morgan fingerprint density at radius 3 is 2.85 bits per heavy atom. The van der Waals surface area contributed by atoms with Crippen LogP contribution in [0.3, 0.4) is 0 Å². The van der Waals surface area contributed by atoms with Crippen LogP contribution >= 0.6 is 0 Å². The Morgan fingerprint density at radius 2 is 2.31 bits per heavy atom. The number of nitrogen functional groups attached to an aromatic ring is 1. The molecule has 1 fully saturated rings. The van der Waals surface area contributed by atoms with Crippen LogP contribution in [0.25, 0.3) is 0 Å². The molecule has 1 aromatic rings. The second-order valence-electron chi connectivity index (χ2n) is 3.39. The first-order chi connectivity index (χ1) is 6.20. The molecule has 1 aromatic heterocycles. The number of hydrogen-bond donors (Lipinski definition) is 2. The fourth-order valence-electron chi connectivity index (χ4n) is 1.58. The predicted octanol–water partition coefficient (Wildman–Crippen LogP) is 0.126. The normalized spacial score (nSPS) is 26.8. The molecule has 4 nitrogen and oxygen atoms in total. The predicted molar refractivity (Wildman–Crippen MR) is 49.4 cm³/mol. The molecule has 13 heavy (non-hydrogen) atoms. The molecule has 4 heteroatoms. The van der Waals surface area contributed by atoms with Crippen LogP contribution in [0, 0.1) is 0 Å². The number of aliphatic hydroxyl groups excluding tert-OH is 1. The molecule has 0 saturated heterocycles. The molecule has 2 atom stereocenters. The second kappa shape index (κ2) is 2.88. The average Bonchev–Trinajstić information content (AvgIpc) is 2.10. The number of anilines is 1. The van der Waals surface area contributed by atoms with Crippen molar-refractivity contribution in [2.24, 2.45) is 0 Å². The number of nitrogens with two attached hydrogens (primary N) is 1. The van der Waals surface area contributed by atoms with E-state index in [0.29, 0.717) is 0 Å². The van der Waals surface area contributed by atoms with E-state index in [1.54, 1.807) is 18.3 Å².